The molecule has 1 saturated heterocycles. The van der Waals surface area contributed by atoms with Gasteiger partial charge in [-0.25, -0.2) is 4.99 Å². The van der Waals surface area contributed by atoms with E-state index in [0.29, 0.717) is 25.4 Å². The summed E-state index contributed by atoms with van der Waals surface area (Å²) >= 11 is 0. The number of guanidine groups is 1. The van der Waals surface area contributed by atoms with Gasteiger partial charge in [0.05, 0.1) is 13.7 Å². The molecular weight excluding hydrogens is 527 g/mol. The summed E-state index contributed by atoms with van der Waals surface area (Å²) in [5.74, 6) is 2.44. The third-order valence-electron chi connectivity index (χ3n) is 5.89. The first-order chi connectivity index (χ1) is 15.6. The first-order valence-electron chi connectivity index (χ1n) is 11.6. The van der Waals surface area contributed by atoms with Crippen LogP contribution in [0.5, 0.6) is 5.75 Å². The van der Waals surface area contributed by atoms with E-state index in [-0.39, 0.29) is 29.9 Å². The van der Waals surface area contributed by atoms with Crippen molar-refractivity contribution in [1.29, 1.82) is 0 Å². The largest absolute Gasteiger partial charge is 0.497 e. The van der Waals surface area contributed by atoms with E-state index in [1.165, 1.54) is 11.1 Å². The molecule has 0 saturated carbocycles. The van der Waals surface area contributed by atoms with Crippen molar-refractivity contribution >= 4 is 35.8 Å². The van der Waals surface area contributed by atoms with Crippen LogP contribution in [0.2, 0.25) is 0 Å². The van der Waals surface area contributed by atoms with Crippen molar-refractivity contribution in [2.45, 2.75) is 52.1 Å². The van der Waals surface area contributed by atoms with E-state index in [4.69, 9.17) is 9.73 Å². The highest BCUT2D eigenvalue weighted by atomic mass is 127. The number of carbonyl (C=O) groups is 1. The van der Waals surface area contributed by atoms with Crippen molar-refractivity contribution in [2.24, 2.45) is 4.99 Å². The fraction of sp³-hybridized carbons (Fsp3) is 0.462. The smallest absolute Gasteiger partial charge is 0.222 e. The summed E-state index contributed by atoms with van der Waals surface area (Å²) in [5.41, 5.74) is 3.64. The summed E-state index contributed by atoms with van der Waals surface area (Å²) in [6.45, 7) is 8.19. The summed E-state index contributed by atoms with van der Waals surface area (Å²) in [7, 11) is 1.69. The minimum Gasteiger partial charge on any atom is -0.497 e. The lowest BCUT2D eigenvalue weighted by Gasteiger charge is -2.16. The summed E-state index contributed by atoms with van der Waals surface area (Å²) in [6, 6.07) is 16.7. The SMILES string of the molecule is CCNC(=NCc1ccc(CN2CCCC2=O)cc1)NCCC(C)c1ccc(OC)cc1.I. The molecule has 1 aliphatic rings. The van der Waals surface area contributed by atoms with Gasteiger partial charge >= 0.3 is 0 Å². The number of nitrogens with one attached hydrogen (secondary N) is 2. The summed E-state index contributed by atoms with van der Waals surface area (Å²) in [6.07, 6.45) is 2.68. The zero-order valence-electron chi connectivity index (χ0n) is 20.0. The lowest BCUT2D eigenvalue weighted by molar-refractivity contribution is -0.128. The van der Waals surface area contributed by atoms with Crippen molar-refractivity contribution in [3.8, 4) is 5.75 Å². The Morgan fingerprint density at radius 1 is 1.09 bits per heavy atom. The van der Waals surface area contributed by atoms with Crippen LogP contribution >= 0.6 is 24.0 Å². The standard InChI is InChI=1S/C26H36N4O2.HI/c1-4-27-26(28-16-15-20(2)23-11-13-24(32-3)14-12-23)29-18-21-7-9-22(10-8-21)19-30-17-5-6-25(30)31;/h7-14,20H,4-6,15-19H2,1-3H3,(H2,27,28,29);1H. The lowest BCUT2D eigenvalue weighted by atomic mass is 9.98. The molecule has 1 atom stereocenters. The highest BCUT2D eigenvalue weighted by molar-refractivity contribution is 14.0. The van der Waals surface area contributed by atoms with Gasteiger partial charge < -0.3 is 20.3 Å². The Kier molecular flexibility index (Phi) is 11.5. The molecule has 7 heteroatoms. The molecule has 0 bridgehead atoms. The van der Waals surface area contributed by atoms with Crippen LogP contribution in [-0.2, 0) is 17.9 Å². The Balaban J connectivity index is 0.00000385. The summed E-state index contributed by atoms with van der Waals surface area (Å²) in [5, 5.41) is 6.77. The first kappa shape index (κ1) is 27.0. The lowest BCUT2D eigenvalue weighted by Crippen LogP contribution is -2.38. The highest BCUT2D eigenvalue weighted by Gasteiger charge is 2.19. The zero-order chi connectivity index (χ0) is 22.8. The molecule has 33 heavy (non-hydrogen) atoms. The minimum atomic E-state index is 0. The fourth-order valence-corrected chi connectivity index (χ4v) is 3.86. The molecule has 3 rings (SSSR count). The molecule has 1 fully saturated rings. The van der Waals surface area contributed by atoms with E-state index in [0.717, 1.165) is 49.7 Å². The molecule has 1 amide bonds. The number of likely N-dealkylation sites (tertiary alicyclic amines) is 1. The topological polar surface area (TPSA) is 66.0 Å². The van der Waals surface area contributed by atoms with E-state index in [9.17, 15) is 4.79 Å². The third kappa shape index (κ3) is 8.53. The summed E-state index contributed by atoms with van der Waals surface area (Å²) < 4.78 is 5.24. The second kappa shape index (κ2) is 14.1. The van der Waals surface area contributed by atoms with E-state index in [1.54, 1.807) is 7.11 Å². The van der Waals surface area contributed by atoms with Crippen LogP contribution in [0.4, 0.5) is 0 Å². The van der Waals surface area contributed by atoms with Crippen molar-refractivity contribution in [1.82, 2.24) is 15.5 Å². The van der Waals surface area contributed by atoms with Gasteiger partial charge in [-0.2, -0.15) is 0 Å². The van der Waals surface area contributed by atoms with Gasteiger partial charge in [-0.3, -0.25) is 4.79 Å². The minimum absolute atomic E-state index is 0. The van der Waals surface area contributed by atoms with Crippen LogP contribution in [-0.4, -0.2) is 43.5 Å². The van der Waals surface area contributed by atoms with Gasteiger partial charge in [0.25, 0.3) is 0 Å². The number of amides is 1. The quantitative estimate of drug-likeness (QED) is 0.250. The average molecular weight is 565 g/mol. The van der Waals surface area contributed by atoms with Crippen LogP contribution in [0.3, 0.4) is 0 Å². The Bertz CT molecular complexity index is 884. The van der Waals surface area contributed by atoms with Crippen LogP contribution in [0.15, 0.2) is 53.5 Å². The number of aliphatic imine (C=N–C) groups is 1. The molecule has 0 aromatic heterocycles. The number of benzene rings is 2. The normalized spacial score (nSPS) is 14.6. The number of rotatable bonds is 10. The number of hydrogen-bond donors (Lipinski definition) is 2. The predicted molar refractivity (Wildman–Crippen MR) is 145 cm³/mol. The number of hydrogen-bond acceptors (Lipinski definition) is 3. The highest BCUT2D eigenvalue weighted by Crippen LogP contribution is 2.21. The van der Waals surface area contributed by atoms with Gasteiger partial charge in [0.2, 0.25) is 5.91 Å². The van der Waals surface area contributed by atoms with E-state index in [2.05, 4.69) is 60.9 Å². The van der Waals surface area contributed by atoms with Gasteiger partial charge in [0.1, 0.15) is 5.75 Å². The zero-order valence-corrected chi connectivity index (χ0v) is 22.3. The maximum absolute atomic E-state index is 11.8. The molecule has 2 aromatic rings. The van der Waals surface area contributed by atoms with Gasteiger partial charge in [0, 0.05) is 32.6 Å². The molecule has 2 N–H and O–H groups in total. The van der Waals surface area contributed by atoms with E-state index < -0.39 is 0 Å². The van der Waals surface area contributed by atoms with Crippen molar-refractivity contribution in [2.75, 3.05) is 26.7 Å². The van der Waals surface area contributed by atoms with E-state index >= 15 is 0 Å². The van der Waals surface area contributed by atoms with Crippen LogP contribution in [0.25, 0.3) is 0 Å². The molecule has 0 aliphatic carbocycles. The Morgan fingerprint density at radius 3 is 2.39 bits per heavy atom. The van der Waals surface area contributed by atoms with Crippen molar-refractivity contribution < 1.29 is 9.53 Å². The van der Waals surface area contributed by atoms with Gasteiger partial charge in [0.15, 0.2) is 5.96 Å². The van der Waals surface area contributed by atoms with Gasteiger partial charge in [-0.1, -0.05) is 43.3 Å². The molecular formula is C26H37IN4O2. The maximum Gasteiger partial charge on any atom is 0.222 e. The molecule has 6 nitrogen and oxygen atoms in total. The van der Waals surface area contributed by atoms with Crippen molar-refractivity contribution in [3.05, 3.63) is 65.2 Å². The van der Waals surface area contributed by atoms with Gasteiger partial charge in [-0.15, -0.1) is 24.0 Å². The maximum atomic E-state index is 11.8. The van der Waals surface area contributed by atoms with Gasteiger partial charge in [-0.05, 0) is 54.5 Å². The van der Waals surface area contributed by atoms with Crippen molar-refractivity contribution in [3.63, 3.8) is 0 Å². The molecule has 0 radical (unpaired) electrons. The number of methoxy groups -OCH3 is 1. The fourth-order valence-electron chi connectivity index (χ4n) is 3.86. The molecule has 1 heterocycles. The van der Waals surface area contributed by atoms with E-state index in [1.807, 2.05) is 17.0 Å². The molecule has 0 spiro atoms. The number of carbonyl (C=O) groups excluding carboxylic acids is 1. The predicted octanol–water partition coefficient (Wildman–Crippen LogP) is 4.68. The average Bonchev–Trinajstić information content (AvgIpc) is 3.22. The summed E-state index contributed by atoms with van der Waals surface area (Å²) in [4.78, 5) is 18.5. The second-order valence-corrected chi connectivity index (χ2v) is 8.32. The molecule has 1 aliphatic heterocycles. The van der Waals surface area contributed by atoms with Crippen LogP contribution in [0, 0.1) is 0 Å². The Labute approximate surface area is 215 Å². The van der Waals surface area contributed by atoms with Crippen LogP contribution in [0.1, 0.15) is 55.7 Å². The monoisotopic (exact) mass is 564 g/mol. The number of halogens is 1. The first-order valence-corrected chi connectivity index (χ1v) is 11.6. The van der Waals surface area contributed by atoms with Crippen LogP contribution < -0.4 is 15.4 Å². The molecule has 2 aromatic carbocycles. The third-order valence-corrected chi connectivity index (χ3v) is 5.89. The number of ether oxygens (including phenoxy) is 1. The molecule has 180 valence electrons. The second-order valence-electron chi connectivity index (χ2n) is 8.32. The molecule has 1 unspecified atom stereocenters. The Hall–Kier alpha value is -2.29. The Morgan fingerprint density at radius 2 is 1.79 bits per heavy atom. The number of nitrogens with zero attached hydrogens (tertiary/aromatic N) is 2.